The predicted molar refractivity (Wildman–Crippen MR) is 76.5 cm³/mol. The van der Waals surface area contributed by atoms with Crippen LogP contribution in [0.25, 0.3) is 0 Å². The van der Waals surface area contributed by atoms with Crippen molar-refractivity contribution in [2.75, 3.05) is 23.9 Å². The van der Waals surface area contributed by atoms with E-state index < -0.39 is 12.0 Å². The normalized spacial score (nSPS) is 9.89. The van der Waals surface area contributed by atoms with Gasteiger partial charge in [0.2, 0.25) is 0 Å². The highest BCUT2D eigenvalue weighted by Gasteiger charge is 2.14. The van der Waals surface area contributed by atoms with Crippen molar-refractivity contribution >= 4 is 45.4 Å². The molecule has 0 aliphatic heterocycles. The summed E-state index contributed by atoms with van der Waals surface area (Å²) in [7, 11) is 0. The predicted octanol–water partition coefficient (Wildman–Crippen LogP) is 2.63. The van der Waals surface area contributed by atoms with Gasteiger partial charge in [0, 0.05) is 16.8 Å². The number of thioether (sulfide) groups is 1. The molecule has 0 spiro atoms. The van der Waals surface area contributed by atoms with Crippen molar-refractivity contribution < 1.29 is 14.7 Å². The molecule has 1 aromatic rings. The summed E-state index contributed by atoms with van der Waals surface area (Å²) in [6, 6.07) is 4.29. The number of carboxylic acids is 1. The van der Waals surface area contributed by atoms with Crippen LogP contribution < -0.4 is 10.6 Å². The van der Waals surface area contributed by atoms with Gasteiger partial charge in [0.25, 0.3) is 0 Å². The highest BCUT2D eigenvalue weighted by molar-refractivity contribution is 9.10. The molecule has 0 fully saturated rings. The van der Waals surface area contributed by atoms with E-state index in [2.05, 4.69) is 26.6 Å². The molecule has 7 heteroatoms. The van der Waals surface area contributed by atoms with Crippen molar-refractivity contribution in [2.45, 2.75) is 0 Å². The fourth-order valence-corrected chi connectivity index (χ4v) is 2.03. The Morgan fingerprint density at radius 1 is 1.44 bits per heavy atom. The molecule has 5 nitrogen and oxygen atoms in total. The van der Waals surface area contributed by atoms with E-state index in [1.54, 1.807) is 23.9 Å². The number of urea groups is 1. The lowest BCUT2D eigenvalue weighted by Gasteiger charge is -2.11. The number of nitrogens with one attached hydrogen (secondary N) is 2. The molecule has 3 N–H and O–H groups in total. The Labute approximate surface area is 117 Å². The number of halogens is 1. The van der Waals surface area contributed by atoms with Gasteiger partial charge in [0.15, 0.2) is 0 Å². The zero-order chi connectivity index (χ0) is 13.5. The zero-order valence-corrected chi connectivity index (χ0v) is 12.1. The molecule has 0 aromatic heterocycles. The molecule has 98 valence electrons. The van der Waals surface area contributed by atoms with Crippen LogP contribution in [0.3, 0.4) is 0 Å². The van der Waals surface area contributed by atoms with Crippen molar-refractivity contribution in [2.24, 2.45) is 0 Å². The number of benzene rings is 1. The third kappa shape index (κ3) is 4.23. The van der Waals surface area contributed by atoms with E-state index in [1.807, 2.05) is 6.26 Å². The molecule has 0 saturated heterocycles. The topological polar surface area (TPSA) is 78.4 Å². The number of rotatable bonds is 5. The molecule has 0 aliphatic carbocycles. The molecule has 2 amide bonds. The summed E-state index contributed by atoms with van der Waals surface area (Å²) in [4.78, 5) is 22.6. The Bertz CT molecular complexity index is 454. The van der Waals surface area contributed by atoms with E-state index in [-0.39, 0.29) is 11.3 Å². The van der Waals surface area contributed by atoms with Crippen LogP contribution in [0, 0.1) is 0 Å². The molecule has 18 heavy (non-hydrogen) atoms. The summed E-state index contributed by atoms with van der Waals surface area (Å²) in [6.45, 7) is 0.528. The number of hydrogen-bond acceptors (Lipinski definition) is 3. The number of carboxylic acid groups (broad SMARTS) is 1. The van der Waals surface area contributed by atoms with Gasteiger partial charge in [-0.1, -0.05) is 6.07 Å². The van der Waals surface area contributed by atoms with Gasteiger partial charge in [-0.3, -0.25) is 0 Å². The maximum Gasteiger partial charge on any atom is 0.337 e. The summed E-state index contributed by atoms with van der Waals surface area (Å²) in [6.07, 6.45) is 1.94. The lowest BCUT2D eigenvalue weighted by atomic mass is 10.2. The van der Waals surface area contributed by atoms with Crippen LogP contribution in [0.15, 0.2) is 22.7 Å². The summed E-state index contributed by atoms with van der Waals surface area (Å²) in [5.74, 6) is -0.287. The van der Waals surface area contributed by atoms with Crippen LogP contribution in [0.5, 0.6) is 0 Å². The molecule has 0 bridgehead atoms. The molecular formula is C11H13BrN2O3S. The van der Waals surface area contributed by atoms with Crippen LogP contribution in [-0.2, 0) is 0 Å². The summed E-state index contributed by atoms with van der Waals surface area (Å²) >= 11 is 4.83. The van der Waals surface area contributed by atoms with Crippen molar-refractivity contribution in [3.05, 3.63) is 28.2 Å². The highest BCUT2D eigenvalue weighted by Crippen LogP contribution is 2.26. The van der Waals surface area contributed by atoms with Crippen LogP contribution >= 0.6 is 27.7 Å². The Balaban J connectivity index is 2.77. The number of hydrogen-bond donors (Lipinski definition) is 3. The smallest absolute Gasteiger partial charge is 0.337 e. The van der Waals surface area contributed by atoms with Crippen LogP contribution in [-0.4, -0.2) is 35.7 Å². The van der Waals surface area contributed by atoms with E-state index in [9.17, 15) is 9.59 Å². The van der Waals surface area contributed by atoms with Crippen LogP contribution in [0.4, 0.5) is 10.5 Å². The molecular weight excluding hydrogens is 320 g/mol. The molecule has 0 aliphatic rings. The van der Waals surface area contributed by atoms with E-state index in [0.717, 1.165) is 5.75 Å². The van der Waals surface area contributed by atoms with Crippen molar-refractivity contribution in [3.8, 4) is 0 Å². The fraction of sp³-hybridized carbons (Fsp3) is 0.273. The van der Waals surface area contributed by atoms with Crippen LogP contribution in [0.2, 0.25) is 0 Å². The first kappa shape index (κ1) is 14.8. The molecule has 1 aromatic carbocycles. The molecule has 0 atom stereocenters. The van der Waals surface area contributed by atoms with E-state index >= 15 is 0 Å². The Hall–Kier alpha value is -1.21. The second-order valence-corrected chi connectivity index (χ2v) is 5.18. The SMILES string of the molecule is CSCCNC(=O)Nc1c(Br)cccc1C(=O)O. The van der Waals surface area contributed by atoms with Gasteiger partial charge in [-0.25, -0.2) is 9.59 Å². The van der Waals surface area contributed by atoms with E-state index in [4.69, 9.17) is 5.11 Å². The third-order valence-electron chi connectivity index (χ3n) is 2.07. The third-order valence-corrected chi connectivity index (χ3v) is 3.35. The maximum atomic E-state index is 11.6. The highest BCUT2D eigenvalue weighted by atomic mass is 79.9. The number of aromatic carboxylic acids is 1. The number of amides is 2. The zero-order valence-electron chi connectivity index (χ0n) is 9.70. The number of para-hydroxylation sites is 1. The minimum absolute atomic E-state index is 0.0457. The number of carbonyl (C=O) groups excluding carboxylic acids is 1. The van der Waals surface area contributed by atoms with E-state index in [1.165, 1.54) is 6.07 Å². The van der Waals surface area contributed by atoms with Gasteiger partial charge in [-0.2, -0.15) is 11.8 Å². The van der Waals surface area contributed by atoms with Gasteiger partial charge in [-0.15, -0.1) is 0 Å². The Morgan fingerprint density at radius 2 is 2.17 bits per heavy atom. The van der Waals surface area contributed by atoms with Gasteiger partial charge < -0.3 is 15.7 Å². The van der Waals surface area contributed by atoms with Crippen molar-refractivity contribution in [3.63, 3.8) is 0 Å². The first-order chi connectivity index (χ1) is 8.56. The number of carbonyl (C=O) groups is 2. The number of anilines is 1. The van der Waals surface area contributed by atoms with Gasteiger partial charge in [0.1, 0.15) is 0 Å². The van der Waals surface area contributed by atoms with Gasteiger partial charge in [-0.05, 0) is 34.3 Å². The van der Waals surface area contributed by atoms with Crippen molar-refractivity contribution in [1.82, 2.24) is 5.32 Å². The quantitative estimate of drug-likeness (QED) is 0.724. The van der Waals surface area contributed by atoms with E-state index in [0.29, 0.717) is 11.0 Å². The maximum absolute atomic E-state index is 11.6. The molecule has 0 unspecified atom stereocenters. The van der Waals surface area contributed by atoms with Crippen LogP contribution in [0.1, 0.15) is 10.4 Å². The lowest BCUT2D eigenvalue weighted by Crippen LogP contribution is -2.31. The molecule has 0 saturated carbocycles. The molecule has 1 rings (SSSR count). The largest absolute Gasteiger partial charge is 0.478 e. The van der Waals surface area contributed by atoms with Gasteiger partial charge >= 0.3 is 12.0 Å². The summed E-state index contributed by atoms with van der Waals surface area (Å²) in [5, 5.41) is 14.2. The molecule has 0 radical (unpaired) electrons. The van der Waals surface area contributed by atoms with Crippen molar-refractivity contribution in [1.29, 1.82) is 0 Å². The van der Waals surface area contributed by atoms with Gasteiger partial charge in [0.05, 0.1) is 11.3 Å². The summed E-state index contributed by atoms with van der Waals surface area (Å²) in [5.41, 5.74) is 0.302. The minimum Gasteiger partial charge on any atom is -0.478 e. The Kier molecular flexibility index (Phi) is 6.00. The molecule has 0 heterocycles. The minimum atomic E-state index is -1.09. The Morgan fingerprint density at radius 3 is 2.78 bits per heavy atom. The summed E-state index contributed by atoms with van der Waals surface area (Å²) < 4.78 is 0.530. The second-order valence-electron chi connectivity index (χ2n) is 3.34. The average molecular weight is 333 g/mol. The first-order valence-corrected chi connectivity index (χ1v) is 7.30. The fourth-order valence-electron chi connectivity index (χ4n) is 1.25. The lowest BCUT2D eigenvalue weighted by molar-refractivity contribution is 0.0698. The first-order valence-electron chi connectivity index (χ1n) is 5.12. The average Bonchev–Trinajstić information content (AvgIpc) is 2.31. The second kappa shape index (κ2) is 7.27. The monoisotopic (exact) mass is 332 g/mol. The standard InChI is InChI=1S/C11H13BrN2O3S/c1-18-6-5-13-11(17)14-9-7(10(15)16)3-2-4-8(9)12/h2-4H,5-6H2,1H3,(H,15,16)(H2,13,14,17).